The number of esters is 2. The Balaban J connectivity index is 0. The largest absolute Gasteiger partial charge is 0.460 e. The minimum absolute atomic E-state index is 0.261. The van der Waals surface area contributed by atoms with Crippen LogP contribution in [0, 0.1) is 0 Å². The van der Waals surface area contributed by atoms with Crippen molar-refractivity contribution in [3.8, 4) is 0 Å². The van der Waals surface area contributed by atoms with Crippen molar-refractivity contribution in [2.24, 2.45) is 0 Å². The Labute approximate surface area is 150 Å². The average molecular weight is 360 g/mol. The molecule has 7 heteroatoms. The third-order valence-corrected chi connectivity index (χ3v) is 2.50. The first-order valence-electron chi connectivity index (χ1n) is 8.43. The second kappa shape index (κ2) is 22.3. The molecule has 0 N–H and O–H groups in total. The first kappa shape index (κ1) is 25.5. The minimum Gasteiger partial charge on any atom is -0.460 e. The quantitative estimate of drug-likeness (QED) is 0.252. The Bertz CT molecular complexity index is 342. The standard InChI is InChI=1S/C9H16O4.C9H16O3/c1-3-9(10)13-8-7-12-6-5-11-4-2;1-3-5-6-11-7-8-12-9(10)4-2/h3H,1,4-8H2,2H3;4H,2-3,5-8H2,1H3. The maximum atomic E-state index is 10.5. The van der Waals surface area contributed by atoms with Crippen molar-refractivity contribution in [1.29, 1.82) is 0 Å². The summed E-state index contributed by atoms with van der Waals surface area (Å²) in [4.78, 5) is 21.0. The lowest BCUT2D eigenvalue weighted by molar-refractivity contribution is -0.140. The van der Waals surface area contributed by atoms with Crippen LogP contribution < -0.4 is 0 Å². The zero-order chi connectivity index (χ0) is 19.2. The van der Waals surface area contributed by atoms with Crippen molar-refractivity contribution in [1.82, 2.24) is 0 Å². The van der Waals surface area contributed by atoms with E-state index in [4.69, 9.17) is 14.2 Å². The molecule has 0 saturated carbocycles. The Hall–Kier alpha value is -1.70. The van der Waals surface area contributed by atoms with E-state index in [1.807, 2.05) is 6.92 Å². The maximum absolute atomic E-state index is 10.5. The second-order valence-electron chi connectivity index (χ2n) is 4.52. The fraction of sp³-hybridized carbons (Fsp3) is 0.667. The molecule has 0 saturated heterocycles. The molecule has 0 amide bonds. The van der Waals surface area contributed by atoms with Gasteiger partial charge < -0.3 is 23.7 Å². The Morgan fingerprint density at radius 3 is 1.60 bits per heavy atom. The van der Waals surface area contributed by atoms with Crippen molar-refractivity contribution in [2.45, 2.75) is 26.7 Å². The molecule has 0 aromatic carbocycles. The summed E-state index contributed by atoms with van der Waals surface area (Å²) in [5, 5.41) is 0. The van der Waals surface area contributed by atoms with E-state index < -0.39 is 11.9 Å². The van der Waals surface area contributed by atoms with Gasteiger partial charge in [0.05, 0.1) is 26.4 Å². The number of rotatable bonds is 15. The van der Waals surface area contributed by atoms with Crippen LogP contribution in [0.5, 0.6) is 0 Å². The minimum atomic E-state index is -0.423. The summed E-state index contributed by atoms with van der Waals surface area (Å²) in [6, 6.07) is 0. The molecule has 7 nitrogen and oxygen atoms in total. The highest BCUT2D eigenvalue weighted by molar-refractivity contribution is 5.81. The van der Waals surface area contributed by atoms with Gasteiger partial charge in [0.1, 0.15) is 13.2 Å². The number of hydrogen-bond acceptors (Lipinski definition) is 7. The van der Waals surface area contributed by atoms with E-state index in [2.05, 4.69) is 29.6 Å². The van der Waals surface area contributed by atoms with Crippen LogP contribution in [0.4, 0.5) is 0 Å². The van der Waals surface area contributed by atoms with Crippen molar-refractivity contribution in [3.63, 3.8) is 0 Å². The molecule has 25 heavy (non-hydrogen) atoms. The lowest BCUT2D eigenvalue weighted by Crippen LogP contribution is -2.11. The van der Waals surface area contributed by atoms with Crippen LogP contribution in [0.25, 0.3) is 0 Å². The Morgan fingerprint density at radius 1 is 0.720 bits per heavy atom. The zero-order valence-corrected chi connectivity index (χ0v) is 15.5. The van der Waals surface area contributed by atoms with Gasteiger partial charge in [-0.3, -0.25) is 0 Å². The molecular weight excluding hydrogens is 328 g/mol. The SMILES string of the molecule is C=CC(=O)OCCOCCCC.C=CC(=O)OCCOCCOCC. The van der Waals surface area contributed by atoms with Crippen molar-refractivity contribution >= 4 is 11.9 Å². The molecule has 0 rings (SSSR count). The molecule has 0 aromatic heterocycles. The van der Waals surface area contributed by atoms with Crippen LogP contribution >= 0.6 is 0 Å². The van der Waals surface area contributed by atoms with Crippen molar-refractivity contribution in [3.05, 3.63) is 25.3 Å². The molecule has 0 aliphatic carbocycles. The Morgan fingerprint density at radius 2 is 1.16 bits per heavy atom. The third kappa shape index (κ3) is 24.7. The maximum Gasteiger partial charge on any atom is 0.330 e. The molecule has 0 unspecified atom stereocenters. The van der Waals surface area contributed by atoms with Crippen LogP contribution in [0.1, 0.15) is 26.7 Å². The van der Waals surface area contributed by atoms with E-state index in [0.717, 1.165) is 31.6 Å². The molecule has 0 radical (unpaired) electrons. The van der Waals surface area contributed by atoms with Gasteiger partial charge in [-0.2, -0.15) is 0 Å². The predicted octanol–water partition coefficient (Wildman–Crippen LogP) is 2.30. The summed E-state index contributed by atoms with van der Waals surface area (Å²) in [5.41, 5.74) is 0. The Kier molecular flexibility index (Phi) is 22.8. The fourth-order valence-electron chi connectivity index (χ4n) is 1.23. The molecule has 0 aliphatic rings. The van der Waals surface area contributed by atoms with Gasteiger partial charge in [-0.05, 0) is 13.3 Å². The highest BCUT2D eigenvalue weighted by Crippen LogP contribution is 1.88. The van der Waals surface area contributed by atoms with Crippen molar-refractivity contribution < 1.29 is 33.3 Å². The molecule has 0 fully saturated rings. The fourth-order valence-corrected chi connectivity index (χ4v) is 1.23. The summed E-state index contributed by atoms with van der Waals surface area (Å²) in [6.45, 7) is 14.5. The van der Waals surface area contributed by atoms with E-state index in [-0.39, 0.29) is 6.61 Å². The molecule has 0 aromatic rings. The van der Waals surface area contributed by atoms with Crippen molar-refractivity contribution in [2.75, 3.05) is 52.9 Å². The lowest BCUT2D eigenvalue weighted by atomic mass is 10.4. The summed E-state index contributed by atoms with van der Waals surface area (Å²) >= 11 is 0. The number of unbranched alkanes of at least 4 members (excludes halogenated alkanes) is 1. The van der Waals surface area contributed by atoms with Crippen LogP contribution in [0.15, 0.2) is 25.3 Å². The van der Waals surface area contributed by atoms with E-state index in [9.17, 15) is 9.59 Å². The number of carbonyl (C=O) groups is 2. The molecule has 0 bridgehead atoms. The van der Waals surface area contributed by atoms with Gasteiger partial charge in [-0.1, -0.05) is 26.5 Å². The summed E-state index contributed by atoms with van der Waals surface area (Å²) in [5.74, 6) is -0.817. The third-order valence-electron chi connectivity index (χ3n) is 2.50. The molecule has 0 heterocycles. The number of carbonyl (C=O) groups excluding carboxylic acids is 2. The first-order valence-corrected chi connectivity index (χ1v) is 8.43. The topological polar surface area (TPSA) is 80.3 Å². The monoisotopic (exact) mass is 360 g/mol. The van der Waals surface area contributed by atoms with Gasteiger partial charge in [0.2, 0.25) is 0 Å². The average Bonchev–Trinajstić information content (AvgIpc) is 2.63. The molecule has 0 aliphatic heterocycles. The van der Waals surface area contributed by atoms with E-state index in [1.165, 1.54) is 0 Å². The van der Waals surface area contributed by atoms with Gasteiger partial charge in [0, 0.05) is 25.4 Å². The summed E-state index contributed by atoms with van der Waals surface area (Å²) < 4.78 is 24.6. The van der Waals surface area contributed by atoms with Gasteiger partial charge in [-0.15, -0.1) is 0 Å². The molecular formula is C18H32O7. The van der Waals surface area contributed by atoms with Gasteiger partial charge in [-0.25, -0.2) is 9.59 Å². The number of hydrogen-bond donors (Lipinski definition) is 0. The summed E-state index contributed by atoms with van der Waals surface area (Å²) in [7, 11) is 0. The molecule has 0 spiro atoms. The van der Waals surface area contributed by atoms with Crippen LogP contribution in [-0.4, -0.2) is 64.8 Å². The number of ether oxygens (including phenoxy) is 5. The normalized spacial score (nSPS) is 9.52. The highest BCUT2D eigenvalue weighted by atomic mass is 16.6. The van der Waals surface area contributed by atoms with Gasteiger partial charge in [0.15, 0.2) is 0 Å². The van der Waals surface area contributed by atoms with Gasteiger partial charge >= 0.3 is 11.9 Å². The van der Waals surface area contributed by atoms with Gasteiger partial charge in [0.25, 0.3) is 0 Å². The van der Waals surface area contributed by atoms with E-state index in [0.29, 0.717) is 39.6 Å². The van der Waals surface area contributed by atoms with E-state index >= 15 is 0 Å². The summed E-state index contributed by atoms with van der Waals surface area (Å²) in [6.07, 6.45) is 4.44. The molecule has 0 atom stereocenters. The lowest BCUT2D eigenvalue weighted by Gasteiger charge is -2.04. The van der Waals surface area contributed by atoms with Crippen LogP contribution in [0.2, 0.25) is 0 Å². The highest BCUT2D eigenvalue weighted by Gasteiger charge is 1.95. The van der Waals surface area contributed by atoms with Crippen LogP contribution in [-0.2, 0) is 33.3 Å². The zero-order valence-electron chi connectivity index (χ0n) is 15.5. The first-order chi connectivity index (χ1) is 12.1. The predicted molar refractivity (Wildman–Crippen MR) is 95.4 cm³/mol. The second-order valence-corrected chi connectivity index (χ2v) is 4.52. The molecule has 146 valence electrons. The van der Waals surface area contributed by atoms with Crippen LogP contribution in [0.3, 0.4) is 0 Å². The smallest absolute Gasteiger partial charge is 0.330 e. The van der Waals surface area contributed by atoms with E-state index in [1.54, 1.807) is 0 Å².